The number of fused-ring (bicyclic) bond motifs is 1. The Labute approximate surface area is 169 Å². The number of aromatic nitrogens is 3. The van der Waals surface area contributed by atoms with Crippen LogP contribution in [0.4, 0.5) is 5.82 Å². The largest absolute Gasteiger partial charge is 0.497 e. The molecule has 29 heavy (non-hydrogen) atoms. The van der Waals surface area contributed by atoms with E-state index in [1.807, 2.05) is 38.1 Å². The van der Waals surface area contributed by atoms with Gasteiger partial charge in [-0.25, -0.2) is 4.98 Å². The number of nitrogens with one attached hydrogen (secondary N) is 1. The van der Waals surface area contributed by atoms with Gasteiger partial charge in [-0.05, 0) is 44.4 Å². The van der Waals surface area contributed by atoms with Crippen LogP contribution >= 0.6 is 0 Å². The molecule has 1 saturated heterocycles. The monoisotopic (exact) mass is 395 g/mol. The molecule has 1 aliphatic heterocycles. The molecule has 1 N–H and O–H groups in total. The second kappa shape index (κ2) is 8.06. The highest BCUT2D eigenvalue weighted by Crippen LogP contribution is 2.30. The van der Waals surface area contributed by atoms with E-state index in [4.69, 9.17) is 9.26 Å². The van der Waals surface area contributed by atoms with Crippen LogP contribution in [0.1, 0.15) is 29.9 Å². The molecule has 0 spiro atoms. The zero-order valence-corrected chi connectivity index (χ0v) is 16.9. The van der Waals surface area contributed by atoms with Crippen LogP contribution in [0, 0.1) is 19.8 Å². The Morgan fingerprint density at radius 2 is 2.21 bits per heavy atom. The quantitative estimate of drug-likeness (QED) is 0.710. The highest BCUT2D eigenvalue weighted by molar-refractivity contribution is 5.88. The Morgan fingerprint density at radius 3 is 3.03 bits per heavy atom. The zero-order chi connectivity index (χ0) is 20.4. The van der Waals surface area contributed by atoms with Crippen LogP contribution in [0.15, 0.2) is 28.8 Å². The molecular formula is C21H25N5O3. The van der Waals surface area contributed by atoms with Crippen molar-refractivity contribution in [3.05, 3.63) is 41.3 Å². The summed E-state index contributed by atoms with van der Waals surface area (Å²) in [6.45, 7) is 5.66. The molecule has 2 aromatic heterocycles. The Bertz CT molecular complexity index is 1030. The summed E-state index contributed by atoms with van der Waals surface area (Å²) in [6.07, 6.45) is 1.78. The average molecular weight is 395 g/mol. The molecule has 3 heterocycles. The van der Waals surface area contributed by atoms with E-state index in [0.717, 1.165) is 47.6 Å². The maximum atomic E-state index is 12.8. The van der Waals surface area contributed by atoms with Gasteiger partial charge in [0.05, 0.1) is 18.7 Å². The summed E-state index contributed by atoms with van der Waals surface area (Å²) in [5.74, 6) is 2.18. The molecule has 1 aliphatic rings. The predicted molar refractivity (Wildman–Crippen MR) is 109 cm³/mol. The minimum atomic E-state index is -0.0974. The number of nitrogens with zero attached hydrogens (tertiary/aromatic N) is 4. The van der Waals surface area contributed by atoms with Crippen molar-refractivity contribution in [2.24, 2.45) is 5.92 Å². The van der Waals surface area contributed by atoms with Crippen LogP contribution in [-0.4, -0.2) is 41.2 Å². The van der Waals surface area contributed by atoms with Gasteiger partial charge in [0.2, 0.25) is 5.91 Å². The summed E-state index contributed by atoms with van der Waals surface area (Å²) in [4.78, 5) is 23.9. The molecule has 1 fully saturated rings. The predicted octanol–water partition coefficient (Wildman–Crippen LogP) is 2.78. The highest BCUT2D eigenvalue weighted by atomic mass is 16.5. The second-order valence-electron chi connectivity index (χ2n) is 7.40. The van der Waals surface area contributed by atoms with Crippen molar-refractivity contribution in [3.8, 4) is 5.75 Å². The second-order valence-corrected chi connectivity index (χ2v) is 7.40. The van der Waals surface area contributed by atoms with Crippen molar-refractivity contribution < 1.29 is 14.1 Å². The van der Waals surface area contributed by atoms with Crippen molar-refractivity contribution in [3.63, 3.8) is 0 Å². The van der Waals surface area contributed by atoms with Crippen molar-refractivity contribution in [2.45, 2.75) is 33.2 Å². The number of carbonyl (C=O) groups is 1. The molecular weight excluding hydrogens is 370 g/mol. The van der Waals surface area contributed by atoms with Gasteiger partial charge in [0.15, 0.2) is 0 Å². The lowest BCUT2D eigenvalue weighted by atomic mass is 9.96. The van der Waals surface area contributed by atoms with E-state index in [9.17, 15) is 4.79 Å². The van der Waals surface area contributed by atoms with Crippen LogP contribution in [-0.2, 0) is 11.3 Å². The molecule has 3 aromatic rings. The fourth-order valence-corrected chi connectivity index (χ4v) is 3.80. The Hall–Kier alpha value is -3.16. The van der Waals surface area contributed by atoms with Gasteiger partial charge in [0, 0.05) is 19.6 Å². The van der Waals surface area contributed by atoms with Gasteiger partial charge in [-0.1, -0.05) is 17.3 Å². The number of piperidine rings is 1. The molecule has 0 bridgehead atoms. The van der Waals surface area contributed by atoms with Gasteiger partial charge in [-0.3, -0.25) is 4.79 Å². The van der Waals surface area contributed by atoms with Gasteiger partial charge in [0.1, 0.15) is 22.8 Å². The first-order chi connectivity index (χ1) is 14.0. The van der Waals surface area contributed by atoms with E-state index in [2.05, 4.69) is 25.3 Å². The van der Waals surface area contributed by atoms with E-state index in [-0.39, 0.29) is 11.8 Å². The van der Waals surface area contributed by atoms with Crippen molar-refractivity contribution in [1.82, 2.24) is 20.4 Å². The van der Waals surface area contributed by atoms with Gasteiger partial charge >= 0.3 is 0 Å². The number of aryl methyl sites for hydroxylation is 2. The van der Waals surface area contributed by atoms with E-state index < -0.39 is 0 Å². The molecule has 0 saturated carbocycles. The molecule has 0 radical (unpaired) electrons. The number of carbonyl (C=O) groups excluding carboxylic acids is 1. The van der Waals surface area contributed by atoms with E-state index in [1.165, 1.54) is 0 Å². The van der Waals surface area contributed by atoms with Gasteiger partial charge in [0.25, 0.3) is 5.71 Å². The molecule has 4 rings (SSSR count). The van der Waals surface area contributed by atoms with Crippen molar-refractivity contribution in [1.29, 1.82) is 0 Å². The third kappa shape index (κ3) is 4.01. The number of amides is 1. The third-order valence-electron chi connectivity index (χ3n) is 5.29. The summed E-state index contributed by atoms with van der Waals surface area (Å²) in [5.41, 5.74) is 2.27. The first kappa shape index (κ1) is 19.2. The van der Waals surface area contributed by atoms with Gasteiger partial charge in [-0.2, -0.15) is 4.98 Å². The lowest BCUT2D eigenvalue weighted by Gasteiger charge is -2.33. The summed E-state index contributed by atoms with van der Waals surface area (Å²) in [7, 11) is 1.64. The van der Waals surface area contributed by atoms with Crippen LogP contribution < -0.4 is 15.0 Å². The molecule has 1 aromatic carbocycles. The number of benzene rings is 1. The SMILES string of the molecule is COc1cccc(CNC(=O)[C@H]2CCCN(c3nc(C)nc4onc(C)c34)C2)c1. The minimum Gasteiger partial charge on any atom is -0.497 e. The van der Waals surface area contributed by atoms with Crippen LogP contribution in [0.5, 0.6) is 5.75 Å². The standard InChI is InChI=1S/C21H25N5O3/c1-13-18-19(23-14(2)24-21(18)29-25-13)26-9-5-7-16(12-26)20(27)22-11-15-6-4-8-17(10-15)28-3/h4,6,8,10,16H,5,7,9,11-12H2,1-3H3,(H,22,27)/t16-/m0/s1. The topological polar surface area (TPSA) is 93.4 Å². The average Bonchev–Trinajstić information content (AvgIpc) is 3.12. The summed E-state index contributed by atoms with van der Waals surface area (Å²) in [6, 6.07) is 7.72. The smallest absolute Gasteiger partial charge is 0.263 e. The third-order valence-corrected chi connectivity index (χ3v) is 5.29. The molecule has 0 unspecified atom stereocenters. The van der Waals surface area contributed by atoms with Crippen molar-refractivity contribution in [2.75, 3.05) is 25.1 Å². The Kier molecular flexibility index (Phi) is 5.33. The molecule has 8 heteroatoms. The fraction of sp³-hybridized carbons (Fsp3) is 0.429. The molecule has 0 aliphatic carbocycles. The lowest BCUT2D eigenvalue weighted by molar-refractivity contribution is -0.125. The zero-order valence-electron chi connectivity index (χ0n) is 16.9. The first-order valence-electron chi connectivity index (χ1n) is 9.81. The minimum absolute atomic E-state index is 0.0570. The number of hydrogen-bond acceptors (Lipinski definition) is 7. The number of ether oxygens (including phenoxy) is 1. The first-order valence-corrected chi connectivity index (χ1v) is 9.81. The van der Waals surface area contributed by atoms with Crippen LogP contribution in [0.3, 0.4) is 0 Å². The summed E-state index contributed by atoms with van der Waals surface area (Å²) < 4.78 is 10.6. The summed E-state index contributed by atoms with van der Waals surface area (Å²) in [5, 5.41) is 7.92. The van der Waals surface area contributed by atoms with E-state index in [0.29, 0.717) is 24.6 Å². The number of methoxy groups -OCH3 is 1. The molecule has 152 valence electrons. The maximum Gasteiger partial charge on any atom is 0.263 e. The molecule has 1 atom stereocenters. The van der Waals surface area contributed by atoms with E-state index >= 15 is 0 Å². The number of rotatable bonds is 5. The van der Waals surface area contributed by atoms with E-state index in [1.54, 1.807) is 7.11 Å². The Morgan fingerprint density at radius 1 is 1.34 bits per heavy atom. The van der Waals surface area contributed by atoms with Crippen LogP contribution in [0.2, 0.25) is 0 Å². The lowest BCUT2D eigenvalue weighted by Crippen LogP contribution is -2.43. The van der Waals surface area contributed by atoms with Crippen molar-refractivity contribution >= 4 is 22.8 Å². The van der Waals surface area contributed by atoms with Crippen LogP contribution in [0.25, 0.3) is 11.1 Å². The number of hydrogen-bond donors (Lipinski definition) is 1. The van der Waals surface area contributed by atoms with Gasteiger partial charge < -0.3 is 19.5 Å². The number of anilines is 1. The summed E-state index contributed by atoms with van der Waals surface area (Å²) >= 11 is 0. The molecule has 1 amide bonds. The molecule has 8 nitrogen and oxygen atoms in total. The maximum absolute atomic E-state index is 12.8. The highest BCUT2D eigenvalue weighted by Gasteiger charge is 2.28. The fourth-order valence-electron chi connectivity index (χ4n) is 3.80. The normalized spacial score (nSPS) is 16.8. The Balaban J connectivity index is 1.47. The van der Waals surface area contributed by atoms with Gasteiger partial charge in [-0.15, -0.1) is 0 Å².